The summed E-state index contributed by atoms with van der Waals surface area (Å²) in [5.41, 5.74) is 0. The summed E-state index contributed by atoms with van der Waals surface area (Å²) in [6.07, 6.45) is 7.07. The Morgan fingerprint density at radius 3 is 3.09 bits per heavy atom. The molecule has 3 atom stereocenters. The van der Waals surface area contributed by atoms with Crippen LogP contribution in [0.15, 0.2) is 29.9 Å². The summed E-state index contributed by atoms with van der Waals surface area (Å²) in [6, 6.07) is 3.87. The number of rotatable bonds is 5. The number of aliphatic hydroxyl groups excluding tert-OH is 1. The zero-order valence-corrected chi connectivity index (χ0v) is 14.1. The highest BCUT2D eigenvalue weighted by Gasteiger charge is 2.34. The number of aromatic nitrogens is 2. The maximum Gasteiger partial charge on any atom is 0.220 e. The molecule has 2 aromatic heterocycles. The van der Waals surface area contributed by atoms with Crippen molar-refractivity contribution in [2.24, 2.45) is 0 Å². The molecule has 3 rings (SSSR count). The molecule has 0 radical (unpaired) electrons. The van der Waals surface area contributed by atoms with Crippen LogP contribution in [0, 0.1) is 6.92 Å². The topological polar surface area (TPSA) is 67.2 Å². The lowest BCUT2D eigenvalue weighted by Gasteiger charge is -2.36. The van der Waals surface area contributed by atoms with E-state index in [-0.39, 0.29) is 18.0 Å². The van der Waals surface area contributed by atoms with Crippen LogP contribution in [-0.2, 0) is 11.2 Å². The van der Waals surface area contributed by atoms with Crippen molar-refractivity contribution >= 4 is 17.2 Å². The minimum atomic E-state index is -0.567. The Bertz CT molecular complexity index is 638. The van der Waals surface area contributed by atoms with Gasteiger partial charge in [0.25, 0.3) is 0 Å². The maximum absolute atomic E-state index is 12.2. The Labute approximate surface area is 140 Å². The fourth-order valence-corrected chi connectivity index (χ4v) is 4.04. The van der Waals surface area contributed by atoms with E-state index in [0.717, 1.165) is 31.5 Å². The number of carbonyl (C=O) groups excluding carboxylic acids is 1. The van der Waals surface area contributed by atoms with Crippen LogP contribution in [0.5, 0.6) is 0 Å². The van der Waals surface area contributed by atoms with E-state index in [1.807, 2.05) is 35.2 Å². The van der Waals surface area contributed by atoms with E-state index in [2.05, 4.69) is 10.3 Å². The molecule has 1 aliphatic rings. The lowest BCUT2D eigenvalue weighted by Crippen LogP contribution is -2.49. The Morgan fingerprint density at radius 2 is 2.39 bits per heavy atom. The molecule has 1 amide bonds. The molecule has 0 aliphatic heterocycles. The first kappa shape index (κ1) is 16.2. The second kappa shape index (κ2) is 7.27. The third-order valence-corrected chi connectivity index (χ3v) is 5.50. The Hall–Kier alpha value is -1.66. The van der Waals surface area contributed by atoms with Crippen molar-refractivity contribution in [1.82, 2.24) is 14.9 Å². The summed E-state index contributed by atoms with van der Waals surface area (Å²) in [6.45, 7) is 1.94. The van der Waals surface area contributed by atoms with E-state index < -0.39 is 6.10 Å². The SMILES string of the molecule is Cc1nccn1[C@@H]1CCC[C@@H](NC(=O)CCc2cccs2)[C@H]1O. The van der Waals surface area contributed by atoms with Crippen LogP contribution in [0.2, 0.25) is 0 Å². The highest BCUT2D eigenvalue weighted by molar-refractivity contribution is 7.09. The molecule has 23 heavy (non-hydrogen) atoms. The zero-order valence-electron chi connectivity index (χ0n) is 13.3. The summed E-state index contributed by atoms with van der Waals surface area (Å²) >= 11 is 1.67. The van der Waals surface area contributed by atoms with Gasteiger partial charge >= 0.3 is 0 Å². The number of hydrogen-bond acceptors (Lipinski definition) is 4. The third kappa shape index (κ3) is 3.82. The van der Waals surface area contributed by atoms with Crippen molar-refractivity contribution in [3.63, 3.8) is 0 Å². The smallest absolute Gasteiger partial charge is 0.220 e. The molecule has 1 saturated carbocycles. The number of carbonyl (C=O) groups is 1. The molecular formula is C17H23N3O2S. The fraction of sp³-hybridized carbons (Fsp3) is 0.529. The van der Waals surface area contributed by atoms with Crippen molar-refractivity contribution in [2.45, 2.75) is 57.2 Å². The number of nitrogens with one attached hydrogen (secondary N) is 1. The quantitative estimate of drug-likeness (QED) is 0.883. The first-order valence-corrected chi connectivity index (χ1v) is 9.02. The predicted molar refractivity (Wildman–Crippen MR) is 90.4 cm³/mol. The normalized spacial score (nSPS) is 24.5. The summed E-state index contributed by atoms with van der Waals surface area (Å²) in [4.78, 5) is 17.6. The van der Waals surface area contributed by atoms with Gasteiger partial charge in [-0.2, -0.15) is 0 Å². The molecule has 0 saturated heterocycles. The van der Waals surface area contributed by atoms with Crippen molar-refractivity contribution < 1.29 is 9.90 Å². The first-order valence-electron chi connectivity index (χ1n) is 8.14. The number of aliphatic hydroxyl groups is 1. The average molecular weight is 333 g/mol. The highest BCUT2D eigenvalue weighted by Crippen LogP contribution is 2.30. The molecule has 2 aromatic rings. The highest BCUT2D eigenvalue weighted by atomic mass is 32.1. The average Bonchev–Trinajstić information content (AvgIpc) is 3.19. The zero-order chi connectivity index (χ0) is 16.2. The molecular weight excluding hydrogens is 310 g/mol. The van der Waals surface area contributed by atoms with E-state index in [9.17, 15) is 9.90 Å². The maximum atomic E-state index is 12.2. The van der Waals surface area contributed by atoms with Crippen LogP contribution in [0.4, 0.5) is 0 Å². The molecule has 6 heteroatoms. The van der Waals surface area contributed by atoms with Crippen LogP contribution >= 0.6 is 11.3 Å². The number of aryl methyl sites for hydroxylation is 2. The van der Waals surface area contributed by atoms with Gasteiger partial charge in [-0.05, 0) is 44.1 Å². The van der Waals surface area contributed by atoms with Crippen LogP contribution in [0.25, 0.3) is 0 Å². The number of thiophene rings is 1. The molecule has 124 valence electrons. The van der Waals surface area contributed by atoms with Crippen molar-refractivity contribution in [3.8, 4) is 0 Å². The van der Waals surface area contributed by atoms with Crippen molar-refractivity contribution in [2.75, 3.05) is 0 Å². The van der Waals surface area contributed by atoms with Gasteiger partial charge in [0.2, 0.25) is 5.91 Å². The van der Waals surface area contributed by atoms with Crippen LogP contribution in [0.3, 0.4) is 0 Å². The standard InChI is InChI=1S/C17H23N3O2S/c1-12-18-9-10-20(12)15-6-2-5-14(17(15)22)19-16(21)8-7-13-4-3-11-23-13/h3-4,9-11,14-15,17,22H,2,5-8H2,1H3,(H,19,21)/t14-,15-,17-/m1/s1. The predicted octanol–water partition coefficient (Wildman–Crippen LogP) is 2.46. The van der Waals surface area contributed by atoms with E-state index in [1.54, 1.807) is 17.5 Å². The van der Waals surface area contributed by atoms with Gasteiger partial charge in [0.1, 0.15) is 5.82 Å². The summed E-state index contributed by atoms with van der Waals surface area (Å²) in [5, 5.41) is 15.7. The van der Waals surface area contributed by atoms with Crippen LogP contribution in [0.1, 0.15) is 42.4 Å². The molecule has 1 aliphatic carbocycles. The van der Waals surface area contributed by atoms with Gasteiger partial charge in [-0.1, -0.05) is 6.07 Å². The lowest BCUT2D eigenvalue weighted by atomic mass is 9.87. The van der Waals surface area contributed by atoms with Gasteiger partial charge in [-0.3, -0.25) is 4.79 Å². The molecule has 0 aromatic carbocycles. The number of imidazole rings is 1. The second-order valence-electron chi connectivity index (χ2n) is 6.12. The molecule has 2 N–H and O–H groups in total. The van der Waals surface area contributed by atoms with Crippen LogP contribution < -0.4 is 5.32 Å². The summed E-state index contributed by atoms with van der Waals surface area (Å²) in [5.74, 6) is 0.921. The molecule has 0 unspecified atom stereocenters. The number of nitrogens with zero attached hydrogens (tertiary/aromatic N) is 2. The fourth-order valence-electron chi connectivity index (χ4n) is 3.33. The van der Waals surface area contributed by atoms with Crippen molar-refractivity contribution in [1.29, 1.82) is 0 Å². The Morgan fingerprint density at radius 1 is 1.52 bits per heavy atom. The molecule has 5 nitrogen and oxygen atoms in total. The van der Waals surface area contributed by atoms with Crippen LogP contribution in [-0.4, -0.2) is 32.7 Å². The van der Waals surface area contributed by atoms with Gasteiger partial charge in [0, 0.05) is 23.7 Å². The lowest BCUT2D eigenvalue weighted by molar-refractivity contribution is -0.123. The van der Waals surface area contributed by atoms with Gasteiger partial charge in [0.05, 0.1) is 18.2 Å². The van der Waals surface area contributed by atoms with E-state index >= 15 is 0 Å². The van der Waals surface area contributed by atoms with E-state index in [0.29, 0.717) is 6.42 Å². The van der Waals surface area contributed by atoms with Gasteiger partial charge in [-0.25, -0.2) is 4.98 Å². The first-order chi connectivity index (χ1) is 11.1. The molecule has 0 bridgehead atoms. The second-order valence-corrected chi connectivity index (χ2v) is 7.16. The molecule has 2 heterocycles. The molecule has 1 fully saturated rings. The minimum absolute atomic E-state index is 0.00570. The summed E-state index contributed by atoms with van der Waals surface area (Å²) < 4.78 is 2.02. The van der Waals surface area contributed by atoms with E-state index in [1.165, 1.54) is 4.88 Å². The minimum Gasteiger partial charge on any atom is -0.389 e. The monoisotopic (exact) mass is 333 g/mol. The van der Waals surface area contributed by atoms with Crippen molar-refractivity contribution in [3.05, 3.63) is 40.6 Å². The Kier molecular flexibility index (Phi) is 5.13. The van der Waals surface area contributed by atoms with Gasteiger partial charge < -0.3 is 15.0 Å². The number of hydrogen-bond donors (Lipinski definition) is 2. The third-order valence-electron chi connectivity index (χ3n) is 4.57. The van der Waals surface area contributed by atoms with E-state index in [4.69, 9.17) is 0 Å². The Balaban J connectivity index is 1.57. The van der Waals surface area contributed by atoms with Gasteiger partial charge in [-0.15, -0.1) is 11.3 Å². The number of amides is 1. The molecule has 0 spiro atoms. The van der Waals surface area contributed by atoms with Gasteiger partial charge in [0.15, 0.2) is 0 Å². The largest absolute Gasteiger partial charge is 0.389 e. The summed E-state index contributed by atoms with van der Waals surface area (Å²) in [7, 11) is 0.